The average Bonchev–Trinajstić information content (AvgIpc) is 3.38. The Morgan fingerprint density at radius 3 is 2.84 bits per heavy atom. The van der Waals surface area contributed by atoms with Gasteiger partial charge in [0.2, 0.25) is 5.82 Å². The summed E-state index contributed by atoms with van der Waals surface area (Å²) >= 11 is 0. The number of rotatable bonds is 5. The lowest BCUT2D eigenvalue weighted by atomic mass is 10.2. The van der Waals surface area contributed by atoms with Gasteiger partial charge in [-0.2, -0.15) is 9.97 Å². The Bertz CT molecular complexity index is 1030. The van der Waals surface area contributed by atoms with Gasteiger partial charge in [0.25, 0.3) is 0 Å². The van der Waals surface area contributed by atoms with Crippen molar-refractivity contribution in [2.24, 2.45) is 0 Å². The maximum Gasteiger partial charge on any atom is 0.336 e. The summed E-state index contributed by atoms with van der Waals surface area (Å²) in [5.74, 6) is 0.484. The van der Waals surface area contributed by atoms with Crippen LogP contribution in [0.1, 0.15) is 12.8 Å². The lowest BCUT2D eigenvalue weighted by molar-refractivity contribution is -0.384. The third-order valence-corrected chi connectivity index (χ3v) is 3.67. The zero-order valence-electron chi connectivity index (χ0n) is 12.8. The molecule has 1 N–H and O–H groups in total. The molecule has 0 amide bonds. The first-order chi connectivity index (χ1) is 12.1. The molecule has 126 valence electrons. The lowest BCUT2D eigenvalue weighted by Gasteiger charge is -2.08. The lowest BCUT2D eigenvalue weighted by Crippen LogP contribution is -2.08. The van der Waals surface area contributed by atoms with E-state index in [-0.39, 0.29) is 23.6 Å². The van der Waals surface area contributed by atoms with Gasteiger partial charge in [0.15, 0.2) is 0 Å². The van der Waals surface area contributed by atoms with Crippen LogP contribution in [0.15, 0.2) is 45.7 Å². The van der Waals surface area contributed by atoms with E-state index >= 15 is 0 Å². The van der Waals surface area contributed by atoms with Gasteiger partial charge in [-0.25, -0.2) is 4.79 Å². The highest BCUT2D eigenvalue weighted by molar-refractivity contribution is 5.77. The van der Waals surface area contributed by atoms with Crippen molar-refractivity contribution >= 4 is 22.5 Å². The summed E-state index contributed by atoms with van der Waals surface area (Å²) in [5.41, 5.74) is -0.306. The molecule has 0 unspecified atom stereocenters. The highest BCUT2D eigenvalue weighted by Crippen LogP contribution is 2.31. The van der Waals surface area contributed by atoms with E-state index in [0.717, 1.165) is 24.4 Å². The number of ether oxygens (including phenoxy) is 1. The van der Waals surface area contributed by atoms with Gasteiger partial charge in [-0.15, -0.1) is 0 Å². The SMILES string of the molecule is O=c1ccc2ccc(Oc3ncc([N+](=O)[O-])c(NC4CC4)n3)cc2o1. The number of anilines is 1. The summed E-state index contributed by atoms with van der Waals surface area (Å²) in [6, 6.07) is 8.06. The Morgan fingerprint density at radius 1 is 1.28 bits per heavy atom. The van der Waals surface area contributed by atoms with E-state index in [4.69, 9.17) is 9.15 Å². The third kappa shape index (κ3) is 3.25. The Labute approximate surface area is 140 Å². The van der Waals surface area contributed by atoms with Crippen LogP contribution in [0, 0.1) is 10.1 Å². The second kappa shape index (κ2) is 5.86. The summed E-state index contributed by atoms with van der Waals surface area (Å²) in [6.07, 6.45) is 3.00. The van der Waals surface area contributed by atoms with Crippen LogP contribution in [0.4, 0.5) is 11.5 Å². The number of benzene rings is 1. The summed E-state index contributed by atoms with van der Waals surface area (Å²) in [5, 5.41) is 14.8. The molecule has 1 aliphatic carbocycles. The van der Waals surface area contributed by atoms with Gasteiger partial charge in [-0.1, -0.05) is 0 Å². The number of aromatic nitrogens is 2. The van der Waals surface area contributed by atoms with Crippen LogP contribution in [-0.4, -0.2) is 20.9 Å². The summed E-state index contributed by atoms with van der Waals surface area (Å²) in [4.78, 5) is 29.8. The minimum atomic E-state index is -0.542. The monoisotopic (exact) mass is 340 g/mol. The first-order valence-electron chi connectivity index (χ1n) is 7.58. The van der Waals surface area contributed by atoms with Gasteiger partial charge >= 0.3 is 17.3 Å². The number of hydrogen-bond donors (Lipinski definition) is 1. The highest BCUT2D eigenvalue weighted by atomic mass is 16.6. The van der Waals surface area contributed by atoms with Crippen molar-refractivity contribution in [3.8, 4) is 11.8 Å². The number of nitrogens with one attached hydrogen (secondary N) is 1. The van der Waals surface area contributed by atoms with E-state index in [9.17, 15) is 14.9 Å². The number of hydrogen-bond acceptors (Lipinski definition) is 8. The van der Waals surface area contributed by atoms with Crippen LogP contribution in [0.5, 0.6) is 11.8 Å². The standard InChI is InChI=1S/C16H12N4O5/c21-14-6-2-9-1-5-11(7-13(9)25-14)24-16-17-8-12(20(22)23)15(19-16)18-10-3-4-10/h1-2,5-8,10H,3-4H2,(H,17,18,19). The number of nitro groups is 1. The second-order valence-electron chi connectivity index (χ2n) is 5.62. The molecule has 0 atom stereocenters. The largest absolute Gasteiger partial charge is 0.424 e. The molecule has 3 aromatic rings. The van der Waals surface area contributed by atoms with Gasteiger partial charge in [-0.05, 0) is 31.0 Å². The van der Waals surface area contributed by atoms with Gasteiger partial charge < -0.3 is 14.5 Å². The van der Waals surface area contributed by atoms with Gasteiger partial charge in [-0.3, -0.25) is 10.1 Å². The number of nitrogens with zero attached hydrogens (tertiary/aromatic N) is 3. The minimum absolute atomic E-state index is 0.0358. The minimum Gasteiger partial charge on any atom is -0.424 e. The fourth-order valence-corrected chi connectivity index (χ4v) is 2.28. The van der Waals surface area contributed by atoms with Crippen LogP contribution < -0.4 is 15.7 Å². The van der Waals surface area contributed by atoms with E-state index < -0.39 is 10.5 Å². The molecule has 9 nitrogen and oxygen atoms in total. The average molecular weight is 340 g/mol. The Morgan fingerprint density at radius 2 is 2.08 bits per heavy atom. The molecular formula is C16H12N4O5. The molecule has 2 heterocycles. The van der Waals surface area contributed by atoms with Gasteiger partial charge in [0.1, 0.15) is 17.5 Å². The molecule has 1 aliphatic rings. The van der Waals surface area contributed by atoms with Crippen molar-refractivity contribution < 1.29 is 14.1 Å². The van der Waals surface area contributed by atoms with Crippen molar-refractivity contribution in [1.82, 2.24) is 9.97 Å². The smallest absolute Gasteiger partial charge is 0.336 e. The quantitative estimate of drug-likeness (QED) is 0.427. The summed E-state index contributed by atoms with van der Waals surface area (Å²) < 4.78 is 10.7. The van der Waals surface area contributed by atoms with Crippen LogP contribution in [-0.2, 0) is 0 Å². The van der Waals surface area contributed by atoms with Crippen molar-refractivity contribution in [2.45, 2.75) is 18.9 Å². The molecular weight excluding hydrogens is 328 g/mol. The first kappa shape index (κ1) is 15.1. The predicted molar refractivity (Wildman–Crippen MR) is 87.9 cm³/mol. The Hall–Kier alpha value is -3.49. The van der Waals surface area contributed by atoms with Crippen LogP contribution in [0.25, 0.3) is 11.0 Å². The van der Waals surface area contributed by atoms with E-state index in [2.05, 4.69) is 15.3 Å². The van der Waals surface area contributed by atoms with Crippen molar-refractivity contribution in [3.05, 3.63) is 57.1 Å². The van der Waals surface area contributed by atoms with E-state index in [0.29, 0.717) is 11.3 Å². The molecule has 1 aromatic carbocycles. The molecule has 25 heavy (non-hydrogen) atoms. The molecule has 0 saturated heterocycles. The van der Waals surface area contributed by atoms with Crippen LogP contribution in [0.3, 0.4) is 0 Å². The molecule has 1 fully saturated rings. The molecule has 9 heteroatoms. The van der Waals surface area contributed by atoms with Gasteiger partial charge in [0, 0.05) is 23.6 Å². The van der Waals surface area contributed by atoms with Crippen LogP contribution in [0.2, 0.25) is 0 Å². The van der Waals surface area contributed by atoms with Gasteiger partial charge in [0.05, 0.1) is 4.92 Å². The maximum atomic E-state index is 11.3. The topological polar surface area (TPSA) is 120 Å². The van der Waals surface area contributed by atoms with E-state index in [1.807, 2.05) is 0 Å². The molecule has 2 aromatic heterocycles. The molecule has 1 saturated carbocycles. The van der Waals surface area contributed by atoms with Crippen LogP contribution >= 0.6 is 0 Å². The second-order valence-corrected chi connectivity index (χ2v) is 5.62. The van der Waals surface area contributed by atoms with E-state index in [1.54, 1.807) is 18.2 Å². The molecule has 4 rings (SSSR count). The highest BCUT2D eigenvalue weighted by Gasteiger charge is 2.26. The molecule has 0 radical (unpaired) electrons. The Kier molecular flexibility index (Phi) is 3.53. The predicted octanol–water partition coefficient (Wildman–Crippen LogP) is 2.86. The zero-order valence-corrected chi connectivity index (χ0v) is 12.8. The zero-order chi connectivity index (χ0) is 17.4. The maximum absolute atomic E-state index is 11.3. The first-order valence-corrected chi connectivity index (χ1v) is 7.58. The number of fused-ring (bicyclic) bond motifs is 1. The molecule has 0 spiro atoms. The molecule has 0 aliphatic heterocycles. The van der Waals surface area contributed by atoms with E-state index in [1.165, 1.54) is 12.1 Å². The fourth-order valence-electron chi connectivity index (χ4n) is 2.28. The summed E-state index contributed by atoms with van der Waals surface area (Å²) in [6.45, 7) is 0. The normalized spacial score (nSPS) is 13.6. The van der Waals surface area contributed by atoms with Crippen molar-refractivity contribution in [3.63, 3.8) is 0 Å². The summed E-state index contributed by atoms with van der Waals surface area (Å²) in [7, 11) is 0. The third-order valence-electron chi connectivity index (χ3n) is 3.67. The molecule has 0 bridgehead atoms. The Balaban J connectivity index is 1.65. The van der Waals surface area contributed by atoms with Crippen molar-refractivity contribution in [1.29, 1.82) is 0 Å². The van der Waals surface area contributed by atoms with Crippen molar-refractivity contribution in [2.75, 3.05) is 5.32 Å². The fraction of sp³-hybridized carbons (Fsp3) is 0.188.